The van der Waals surface area contributed by atoms with Gasteiger partial charge in [-0.2, -0.15) is 0 Å². The van der Waals surface area contributed by atoms with Crippen molar-refractivity contribution >= 4 is 28.4 Å². The van der Waals surface area contributed by atoms with Crippen LogP contribution in [0.25, 0.3) is 0 Å². The molecule has 0 radical (unpaired) electrons. The molecule has 1 aromatic rings. The summed E-state index contributed by atoms with van der Waals surface area (Å²) in [6.45, 7) is 2.29. The van der Waals surface area contributed by atoms with E-state index in [0.29, 0.717) is 35.6 Å². The van der Waals surface area contributed by atoms with Crippen LogP contribution in [0.1, 0.15) is 0 Å². The van der Waals surface area contributed by atoms with Gasteiger partial charge in [-0.15, -0.1) is 0 Å². The molecule has 0 aliphatic carbocycles. The maximum absolute atomic E-state index is 11.4. The molecule has 0 spiro atoms. The van der Waals surface area contributed by atoms with Gasteiger partial charge in [0.1, 0.15) is 9.39 Å². The van der Waals surface area contributed by atoms with E-state index in [0.717, 1.165) is 0 Å². The zero-order chi connectivity index (χ0) is 11.3. The standard InChI is InChI=1S/C8H14IN5O/c9-6-7(12-5-13-8(6)15)14(3-1-10)4-2-11/h5H,1-4,10-11H2,(H,12,13,15). The lowest BCUT2D eigenvalue weighted by molar-refractivity contribution is 0.763. The van der Waals surface area contributed by atoms with Gasteiger partial charge in [0.05, 0.1) is 6.33 Å². The Morgan fingerprint density at radius 1 is 1.40 bits per heavy atom. The summed E-state index contributed by atoms with van der Waals surface area (Å²) in [6.07, 6.45) is 1.39. The molecule has 0 fully saturated rings. The number of halogens is 1. The Morgan fingerprint density at radius 3 is 2.53 bits per heavy atom. The Hall–Kier alpha value is -0.670. The summed E-state index contributed by atoms with van der Waals surface area (Å²) >= 11 is 1.97. The molecule has 7 heteroatoms. The Morgan fingerprint density at radius 2 is 2.00 bits per heavy atom. The lowest BCUT2D eigenvalue weighted by atomic mass is 10.4. The normalized spacial score (nSPS) is 10.3. The molecular formula is C8H14IN5O. The van der Waals surface area contributed by atoms with Crippen molar-refractivity contribution < 1.29 is 0 Å². The molecule has 0 aromatic carbocycles. The summed E-state index contributed by atoms with van der Waals surface area (Å²) in [7, 11) is 0. The van der Waals surface area contributed by atoms with E-state index in [1.165, 1.54) is 6.33 Å². The molecule has 0 unspecified atom stereocenters. The molecule has 0 bridgehead atoms. The van der Waals surface area contributed by atoms with Crippen LogP contribution < -0.4 is 21.9 Å². The highest BCUT2D eigenvalue weighted by molar-refractivity contribution is 14.1. The molecule has 0 amide bonds. The summed E-state index contributed by atoms with van der Waals surface area (Å²) in [5, 5.41) is 0. The summed E-state index contributed by atoms with van der Waals surface area (Å²) in [4.78, 5) is 19.9. The number of aromatic amines is 1. The highest BCUT2D eigenvalue weighted by Gasteiger charge is 2.12. The van der Waals surface area contributed by atoms with Crippen LogP contribution in [0, 0.1) is 3.57 Å². The molecule has 15 heavy (non-hydrogen) atoms. The Kier molecular flexibility index (Phi) is 4.99. The SMILES string of the molecule is NCCN(CCN)c1nc[nH]c(=O)c1I. The second-order valence-electron chi connectivity index (χ2n) is 2.93. The Balaban J connectivity index is 2.99. The first-order valence-electron chi connectivity index (χ1n) is 4.59. The molecule has 0 aliphatic rings. The molecule has 6 nitrogen and oxygen atoms in total. The number of nitrogens with one attached hydrogen (secondary N) is 1. The first-order chi connectivity index (χ1) is 7.20. The topological polar surface area (TPSA) is 101 Å². The second kappa shape index (κ2) is 6.03. The average Bonchev–Trinajstić information content (AvgIpc) is 2.22. The van der Waals surface area contributed by atoms with Crippen molar-refractivity contribution in [2.45, 2.75) is 0 Å². The number of aromatic nitrogens is 2. The third kappa shape index (κ3) is 3.14. The first kappa shape index (κ1) is 12.4. The average molecular weight is 323 g/mol. The predicted molar refractivity (Wildman–Crippen MR) is 67.9 cm³/mol. The lowest BCUT2D eigenvalue weighted by Gasteiger charge is -2.22. The second-order valence-corrected chi connectivity index (χ2v) is 4.01. The van der Waals surface area contributed by atoms with Gasteiger partial charge < -0.3 is 21.4 Å². The highest BCUT2D eigenvalue weighted by atomic mass is 127. The monoisotopic (exact) mass is 323 g/mol. The zero-order valence-electron chi connectivity index (χ0n) is 8.24. The summed E-state index contributed by atoms with van der Waals surface area (Å²) < 4.78 is 0.567. The van der Waals surface area contributed by atoms with Crippen molar-refractivity contribution in [3.05, 3.63) is 20.3 Å². The van der Waals surface area contributed by atoms with Crippen molar-refractivity contribution in [3.63, 3.8) is 0 Å². The van der Waals surface area contributed by atoms with Crippen LogP contribution in [0.15, 0.2) is 11.1 Å². The third-order valence-electron chi connectivity index (χ3n) is 1.88. The number of hydrogen-bond donors (Lipinski definition) is 3. The maximum atomic E-state index is 11.4. The van der Waals surface area contributed by atoms with Gasteiger partial charge in [0.25, 0.3) is 5.56 Å². The fourth-order valence-electron chi connectivity index (χ4n) is 1.23. The van der Waals surface area contributed by atoms with E-state index in [1.807, 2.05) is 27.5 Å². The molecule has 0 saturated heterocycles. The number of anilines is 1. The van der Waals surface area contributed by atoms with Gasteiger partial charge in [-0.3, -0.25) is 4.79 Å². The third-order valence-corrected chi connectivity index (χ3v) is 2.85. The van der Waals surface area contributed by atoms with Crippen molar-refractivity contribution in [2.24, 2.45) is 11.5 Å². The Labute approximate surface area is 101 Å². The number of nitrogens with zero attached hydrogens (tertiary/aromatic N) is 2. The van der Waals surface area contributed by atoms with E-state index in [9.17, 15) is 4.79 Å². The van der Waals surface area contributed by atoms with E-state index in [4.69, 9.17) is 11.5 Å². The number of nitrogens with two attached hydrogens (primary N) is 2. The van der Waals surface area contributed by atoms with Crippen LogP contribution in [0.4, 0.5) is 5.82 Å². The van der Waals surface area contributed by atoms with Crippen molar-refractivity contribution in [1.82, 2.24) is 9.97 Å². The van der Waals surface area contributed by atoms with Crippen molar-refractivity contribution in [1.29, 1.82) is 0 Å². The van der Waals surface area contributed by atoms with Gasteiger partial charge in [0.2, 0.25) is 0 Å². The molecule has 5 N–H and O–H groups in total. The van der Waals surface area contributed by atoms with Gasteiger partial charge in [-0.1, -0.05) is 0 Å². The van der Waals surface area contributed by atoms with Gasteiger partial charge in [-0.05, 0) is 22.6 Å². The van der Waals surface area contributed by atoms with Gasteiger partial charge >= 0.3 is 0 Å². The summed E-state index contributed by atoms with van der Waals surface area (Å²) in [5.41, 5.74) is 10.8. The van der Waals surface area contributed by atoms with Crippen LogP contribution in [0.2, 0.25) is 0 Å². The van der Waals surface area contributed by atoms with E-state index in [1.54, 1.807) is 0 Å². The van der Waals surface area contributed by atoms with E-state index in [2.05, 4.69) is 9.97 Å². The maximum Gasteiger partial charge on any atom is 0.266 e. The van der Waals surface area contributed by atoms with E-state index in [-0.39, 0.29) is 5.56 Å². The Bertz CT molecular complexity index is 360. The minimum Gasteiger partial charge on any atom is -0.353 e. The number of H-pyrrole nitrogens is 1. The summed E-state index contributed by atoms with van der Waals surface area (Å²) in [5.74, 6) is 0.648. The minimum atomic E-state index is -0.139. The van der Waals surface area contributed by atoms with Gasteiger partial charge in [-0.25, -0.2) is 4.98 Å². The van der Waals surface area contributed by atoms with Gasteiger partial charge in [0.15, 0.2) is 0 Å². The molecule has 0 saturated carbocycles. The van der Waals surface area contributed by atoms with Crippen molar-refractivity contribution in [3.8, 4) is 0 Å². The lowest BCUT2D eigenvalue weighted by Crippen LogP contribution is -2.36. The number of rotatable bonds is 5. The molecule has 0 aliphatic heterocycles. The largest absolute Gasteiger partial charge is 0.353 e. The van der Waals surface area contributed by atoms with E-state index < -0.39 is 0 Å². The van der Waals surface area contributed by atoms with Crippen molar-refractivity contribution in [2.75, 3.05) is 31.1 Å². The smallest absolute Gasteiger partial charge is 0.266 e. The molecule has 1 rings (SSSR count). The fourth-order valence-corrected chi connectivity index (χ4v) is 1.87. The molecular weight excluding hydrogens is 309 g/mol. The molecule has 1 aromatic heterocycles. The van der Waals surface area contributed by atoms with Crippen LogP contribution in [-0.2, 0) is 0 Å². The van der Waals surface area contributed by atoms with Crippen LogP contribution in [0.5, 0.6) is 0 Å². The quantitative estimate of drug-likeness (QED) is 0.610. The van der Waals surface area contributed by atoms with E-state index >= 15 is 0 Å². The van der Waals surface area contributed by atoms with Crippen LogP contribution >= 0.6 is 22.6 Å². The van der Waals surface area contributed by atoms with Crippen LogP contribution in [0.3, 0.4) is 0 Å². The predicted octanol–water partition coefficient (Wildman–Crippen LogP) is -0.902. The first-order valence-corrected chi connectivity index (χ1v) is 5.66. The van der Waals surface area contributed by atoms with Gasteiger partial charge in [0, 0.05) is 26.2 Å². The number of hydrogen-bond acceptors (Lipinski definition) is 5. The molecule has 0 atom stereocenters. The fraction of sp³-hybridized carbons (Fsp3) is 0.500. The zero-order valence-corrected chi connectivity index (χ0v) is 10.4. The molecule has 84 valence electrons. The van der Waals surface area contributed by atoms with Crippen LogP contribution in [-0.4, -0.2) is 36.1 Å². The summed E-state index contributed by atoms with van der Waals surface area (Å²) in [6, 6.07) is 0. The molecule has 1 heterocycles. The minimum absolute atomic E-state index is 0.139. The highest BCUT2D eigenvalue weighted by Crippen LogP contribution is 2.13.